The Morgan fingerprint density at radius 3 is 2.57 bits per heavy atom. The number of amides is 2. The maximum absolute atomic E-state index is 13.6. The van der Waals surface area contributed by atoms with Crippen LogP contribution in [0.5, 0.6) is 0 Å². The molecular formula is C12H10F2N4O2S. The average Bonchev–Trinajstić information content (AvgIpc) is 2.77. The fourth-order valence-electron chi connectivity index (χ4n) is 1.60. The van der Waals surface area contributed by atoms with Crippen molar-refractivity contribution in [2.75, 3.05) is 11.1 Å². The number of hydrogen-bond donors (Lipinski definition) is 3. The summed E-state index contributed by atoms with van der Waals surface area (Å²) in [5, 5.41) is 4.12. The molecule has 1 aromatic heterocycles. The fourth-order valence-corrected chi connectivity index (χ4v) is 2.16. The Hall–Kier alpha value is -2.55. The normalized spacial score (nSPS) is 10.4. The Labute approximate surface area is 121 Å². The lowest BCUT2D eigenvalue weighted by Gasteiger charge is -2.08. The van der Waals surface area contributed by atoms with E-state index in [4.69, 9.17) is 11.5 Å². The molecule has 0 radical (unpaired) electrons. The molecule has 110 valence electrons. The molecule has 6 nitrogen and oxygen atoms in total. The second-order valence-electron chi connectivity index (χ2n) is 4.08. The molecule has 0 spiro atoms. The number of primary amides is 1. The second kappa shape index (κ2) is 5.83. The molecule has 0 saturated heterocycles. The summed E-state index contributed by atoms with van der Waals surface area (Å²) in [7, 11) is 0. The number of carbonyl (C=O) groups excluding carboxylic acids is 2. The molecule has 0 aliphatic carbocycles. The first-order chi connectivity index (χ1) is 9.86. The fraction of sp³-hybridized carbons (Fsp3) is 0.0833. The first kappa shape index (κ1) is 14.9. The van der Waals surface area contributed by atoms with Crippen LogP contribution in [0, 0.1) is 11.6 Å². The van der Waals surface area contributed by atoms with Crippen molar-refractivity contribution in [3.8, 4) is 0 Å². The van der Waals surface area contributed by atoms with Gasteiger partial charge in [-0.05, 0) is 6.07 Å². The first-order valence-electron chi connectivity index (χ1n) is 5.65. The first-order valence-corrected chi connectivity index (χ1v) is 6.53. The van der Waals surface area contributed by atoms with Crippen LogP contribution in [0.3, 0.4) is 0 Å². The van der Waals surface area contributed by atoms with E-state index in [-0.39, 0.29) is 12.1 Å². The largest absolute Gasteiger partial charge is 0.375 e. The van der Waals surface area contributed by atoms with Gasteiger partial charge in [-0.3, -0.25) is 9.59 Å². The van der Waals surface area contributed by atoms with Gasteiger partial charge in [-0.25, -0.2) is 13.8 Å². The number of thiazole rings is 1. The Morgan fingerprint density at radius 1 is 1.29 bits per heavy atom. The molecule has 21 heavy (non-hydrogen) atoms. The van der Waals surface area contributed by atoms with Gasteiger partial charge < -0.3 is 16.8 Å². The van der Waals surface area contributed by atoms with Gasteiger partial charge in [0.2, 0.25) is 5.91 Å². The third-order valence-corrected chi connectivity index (χ3v) is 3.23. The van der Waals surface area contributed by atoms with E-state index in [2.05, 4.69) is 10.3 Å². The van der Waals surface area contributed by atoms with Crippen molar-refractivity contribution in [1.82, 2.24) is 4.98 Å². The van der Waals surface area contributed by atoms with Gasteiger partial charge in [-0.15, -0.1) is 11.3 Å². The summed E-state index contributed by atoms with van der Waals surface area (Å²) in [6, 6.07) is 1.33. The molecule has 2 rings (SSSR count). The predicted octanol–water partition coefficient (Wildman–Crippen LogP) is 1.28. The second-order valence-corrected chi connectivity index (χ2v) is 4.97. The number of anilines is 2. The highest BCUT2D eigenvalue weighted by Gasteiger charge is 2.16. The lowest BCUT2D eigenvalue weighted by atomic mass is 10.1. The van der Waals surface area contributed by atoms with Gasteiger partial charge in [-0.2, -0.15) is 0 Å². The van der Waals surface area contributed by atoms with Crippen LogP contribution >= 0.6 is 11.3 Å². The van der Waals surface area contributed by atoms with Crippen molar-refractivity contribution in [2.45, 2.75) is 6.42 Å². The number of nitrogens with one attached hydrogen (secondary N) is 1. The van der Waals surface area contributed by atoms with E-state index in [0.717, 1.165) is 6.07 Å². The molecule has 1 heterocycles. The Morgan fingerprint density at radius 2 is 2.00 bits per heavy atom. The zero-order valence-electron chi connectivity index (χ0n) is 10.5. The standard InChI is InChI=1S/C12H10F2N4O2S/c13-7-3-8(14)9(2-6(7)11(15)20)18-10(19)1-5-4-21-12(16)17-5/h2-4H,1H2,(H2,15,20)(H2,16,17)(H,18,19). The molecule has 2 amide bonds. The summed E-state index contributed by atoms with van der Waals surface area (Å²) < 4.78 is 26.8. The Balaban J connectivity index is 2.17. The van der Waals surface area contributed by atoms with Crippen LogP contribution in [-0.2, 0) is 11.2 Å². The summed E-state index contributed by atoms with van der Waals surface area (Å²) in [5.74, 6) is -3.74. The number of nitrogen functional groups attached to an aromatic ring is 1. The number of hydrogen-bond acceptors (Lipinski definition) is 5. The van der Waals surface area contributed by atoms with Crippen LogP contribution in [-0.4, -0.2) is 16.8 Å². The highest BCUT2D eigenvalue weighted by molar-refractivity contribution is 7.13. The Kier molecular flexibility index (Phi) is 4.13. The van der Waals surface area contributed by atoms with E-state index in [9.17, 15) is 18.4 Å². The van der Waals surface area contributed by atoms with Gasteiger partial charge in [0.25, 0.3) is 5.91 Å². The topological polar surface area (TPSA) is 111 Å². The highest BCUT2D eigenvalue weighted by atomic mass is 32.1. The number of carbonyl (C=O) groups is 2. The minimum atomic E-state index is -1.09. The molecule has 0 aliphatic heterocycles. The smallest absolute Gasteiger partial charge is 0.251 e. The molecule has 5 N–H and O–H groups in total. The summed E-state index contributed by atoms with van der Waals surface area (Å²) >= 11 is 1.17. The van der Waals surface area contributed by atoms with Crippen molar-refractivity contribution in [3.63, 3.8) is 0 Å². The average molecular weight is 312 g/mol. The summed E-state index contributed by atoms with van der Waals surface area (Å²) in [4.78, 5) is 26.6. The van der Waals surface area contributed by atoms with Crippen molar-refractivity contribution >= 4 is 34.0 Å². The zero-order valence-corrected chi connectivity index (χ0v) is 11.3. The maximum Gasteiger partial charge on any atom is 0.251 e. The molecular weight excluding hydrogens is 302 g/mol. The number of benzene rings is 1. The van der Waals surface area contributed by atoms with Gasteiger partial charge >= 0.3 is 0 Å². The van der Waals surface area contributed by atoms with E-state index in [1.165, 1.54) is 11.3 Å². The number of nitrogens with two attached hydrogens (primary N) is 2. The minimum absolute atomic E-state index is 0.129. The number of aromatic nitrogens is 1. The third kappa shape index (κ3) is 3.51. The summed E-state index contributed by atoms with van der Waals surface area (Å²) in [6.07, 6.45) is -0.129. The van der Waals surface area contributed by atoms with Gasteiger partial charge in [0.05, 0.1) is 23.4 Å². The highest BCUT2D eigenvalue weighted by Crippen LogP contribution is 2.20. The lowest BCUT2D eigenvalue weighted by molar-refractivity contribution is -0.115. The number of halogens is 2. The van der Waals surface area contributed by atoms with Gasteiger partial charge in [-0.1, -0.05) is 0 Å². The van der Waals surface area contributed by atoms with Crippen molar-refractivity contribution in [2.24, 2.45) is 5.73 Å². The summed E-state index contributed by atoms with van der Waals surface area (Å²) in [5.41, 5.74) is 9.96. The molecule has 9 heteroatoms. The van der Waals surface area contributed by atoms with E-state index < -0.39 is 29.0 Å². The van der Waals surface area contributed by atoms with Crippen molar-refractivity contribution < 1.29 is 18.4 Å². The van der Waals surface area contributed by atoms with Crippen LogP contribution in [0.1, 0.15) is 16.1 Å². The molecule has 0 unspecified atom stereocenters. The van der Waals surface area contributed by atoms with Crippen LogP contribution < -0.4 is 16.8 Å². The van der Waals surface area contributed by atoms with Gasteiger partial charge in [0, 0.05) is 11.4 Å². The molecule has 0 aliphatic rings. The van der Waals surface area contributed by atoms with E-state index in [0.29, 0.717) is 16.9 Å². The SMILES string of the molecule is NC(=O)c1cc(NC(=O)Cc2csc(N)n2)c(F)cc1F. The predicted molar refractivity (Wildman–Crippen MR) is 73.7 cm³/mol. The quantitative estimate of drug-likeness (QED) is 0.789. The van der Waals surface area contributed by atoms with Crippen LogP contribution in [0.2, 0.25) is 0 Å². The molecule has 0 bridgehead atoms. The van der Waals surface area contributed by atoms with E-state index >= 15 is 0 Å². The monoisotopic (exact) mass is 312 g/mol. The maximum atomic E-state index is 13.6. The molecule has 2 aromatic rings. The molecule has 0 fully saturated rings. The van der Waals surface area contributed by atoms with Crippen molar-refractivity contribution in [3.05, 3.63) is 40.4 Å². The summed E-state index contributed by atoms with van der Waals surface area (Å²) in [6.45, 7) is 0. The zero-order chi connectivity index (χ0) is 15.6. The minimum Gasteiger partial charge on any atom is -0.375 e. The lowest BCUT2D eigenvalue weighted by Crippen LogP contribution is -2.18. The Bertz CT molecular complexity index is 717. The van der Waals surface area contributed by atoms with E-state index in [1.807, 2.05) is 0 Å². The third-order valence-electron chi connectivity index (χ3n) is 2.51. The number of rotatable bonds is 4. The molecule has 0 atom stereocenters. The van der Waals surface area contributed by atoms with Crippen LogP contribution in [0.15, 0.2) is 17.5 Å². The van der Waals surface area contributed by atoms with Crippen molar-refractivity contribution in [1.29, 1.82) is 0 Å². The number of nitrogens with zero attached hydrogens (tertiary/aromatic N) is 1. The molecule has 0 saturated carbocycles. The van der Waals surface area contributed by atoms with Crippen LogP contribution in [0.25, 0.3) is 0 Å². The van der Waals surface area contributed by atoms with E-state index in [1.54, 1.807) is 5.38 Å². The van der Waals surface area contributed by atoms with Gasteiger partial charge in [0.1, 0.15) is 11.6 Å². The molecule has 1 aromatic carbocycles. The van der Waals surface area contributed by atoms with Crippen LogP contribution in [0.4, 0.5) is 19.6 Å². The van der Waals surface area contributed by atoms with Gasteiger partial charge in [0.15, 0.2) is 5.13 Å².